The van der Waals surface area contributed by atoms with Crippen LogP contribution in [0.2, 0.25) is 0 Å². The van der Waals surface area contributed by atoms with E-state index in [0.29, 0.717) is 5.92 Å². The molecule has 7 heteroatoms. The Hall–Kier alpha value is -2.44. The number of rotatable bonds is 2. The molecule has 124 valence electrons. The normalized spacial score (nSPS) is 21.2. The van der Waals surface area contributed by atoms with E-state index < -0.39 is 0 Å². The summed E-state index contributed by atoms with van der Waals surface area (Å²) in [5, 5.41) is 12.6. The highest BCUT2D eigenvalue weighted by atomic mass is 15.4. The molecule has 0 unspecified atom stereocenters. The van der Waals surface area contributed by atoms with Crippen molar-refractivity contribution in [2.75, 3.05) is 18.0 Å². The molecule has 5 rings (SSSR count). The first kappa shape index (κ1) is 13.9. The average molecular weight is 323 g/mol. The van der Waals surface area contributed by atoms with Crippen molar-refractivity contribution in [2.45, 2.75) is 44.6 Å². The molecule has 7 nitrogen and oxygen atoms in total. The molecule has 1 fully saturated rings. The van der Waals surface area contributed by atoms with Gasteiger partial charge in [-0.05, 0) is 44.2 Å². The van der Waals surface area contributed by atoms with Crippen LogP contribution in [0.25, 0.3) is 5.65 Å². The fourth-order valence-corrected chi connectivity index (χ4v) is 4.07. The van der Waals surface area contributed by atoms with Crippen molar-refractivity contribution in [1.82, 2.24) is 29.4 Å². The molecule has 0 saturated carbocycles. The van der Waals surface area contributed by atoms with Crippen LogP contribution in [0.4, 0.5) is 5.82 Å². The van der Waals surface area contributed by atoms with E-state index in [2.05, 4.69) is 31.0 Å². The summed E-state index contributed by atoms with van der Waals surface area (Å²) < 4.78 is 4.21. The van der Waals surface area contributed by atoms with Crippen molar-refractivity contribution in [1.29, 1.82) is 0 Å². The molecule has 0 N–H and O–H groups in total. The summed E-state index contributed by atoms with van der Waals surface area (Å²) in [4.78, 5) is 7.16. The Kier molecular flexibility index (Phi) is 3.24. The molecule has 0 amide bonds. The monoisotopic (exact) mass is 323 g/mol. The van der Waals surface area contributed by atoms with Crippen molar-refractivity contribution >= 4 is 11.5 Å². The zero-order valence-electron chi connectivity index (χ0n) is 13.7. The number of hydrogen-bond acceptors (Lipinski definition) is 5. The minimum absolute atomic E-state index is 0.490. The van der Waals surface area contributed by atoms with Gasteiger partial charge < -0.3 is 9.47 Å². The largest absolute Gasteiger partial charge is 0.354 e. The van der Waals surface area contributed by atoms with E-state index in [1.54, 1.807) is 10.8 Å². The summed E-state index contributed by atoms with van der Waals surface area (Å²) in [6, 6.07) is 4.03. The second-order valence-electron chi connectivity index (χ2n) is 6.83. The van der Waals surface area contributed by atoms with Gasteiger partial charge in [0, 0.05) is 37.4 Å². The van der Waals surface area contributed by atoms with Gasteiger partial charge in [0.05, 0.1) is 0 Å². The molecule has 2 aliphatic heterocycles. The first-order chi connectivity index (χ1) is 11.9. The van der Waals surface area contributed by atoms with Gasteiger partial charge in [0.15, 0.2) is 5.65 Å². The minimum atomic E-state index is 0.490. The second-order valence-corrected chi connectivity index (χ2v) is 6.83. The van der Waals surface area contributed by atoms with E-state index in [0.717, 1.165) is 31.1 Å². The summed E-state index contributed by atoms with van der Waals surface area (Å²) in [7, 11) is 0. The molecule has 0 aliphatic carbocycles. The van der Waals surface area contributed by atoms with E-state index >= 15 is 0 Å². The third kappa shape index (κ3) is 2.26. The highest BCUT2D eigenvalue weighted by Crippen LogP contribution is 2.30. The fourth-order valence-electron chi connectivity index (χ4n) is 4.07. The minimum Gasteiger partial charge on any atom is -0.354 e. The number of imidazole rings is 1. The lowest BCUT2D eigenvalue weighted by Crippen LogP contribution is -2.36. The van der Waals surface area contributed by atoms with Crippen LogP contribution in [0.5, 0.6) is 0 Å². The molecule has 0 bridgehead atoms. The lowest BCUT2D eigenvalue weighted by atomic mass is 9.96. The molecule has 1 saturated heterocycles. The molecule has 5 heterocycles. The van der Waals surface area contributed by atoms with Gasteiger partial charge in [-0.2, -0.15) is 4.52 Å². The molecular weight excluding hydrogens is 302 g/mol. The Labute approximate surface area is 140 Å². The Bertz CT molecular complexity index is 865. The topological polar surface area (TPSA) is 64.1 Å². The van der Waals surface area contributed by atoms with E-state index in [1.165, 1.54) is 43.6 Å². The number of fused-ring (bicyclic) bond motifs is 2. The van der Waals surface area contributed by atoms with Gasteiger partial charge in [-0.1, -0.05) is 0 Å². The Morgan fingerprint density at radius 2 is 2.08 bits per heavy atom. The molecule has 24 heavy (non-hydrogen) atoms. The van der Waals surface area contributed by atoms with E-state index in [9.17, 15) is 0 Å². The van der Waals surface area contributed by atoms with E-state index in [4.69, 9.17) is 4.98 Å². The summed E-state index contributed by atoms with van der Waals surface area (Å²) in [6.45, 7) is 3.16. The van der Waals surface area contributed by atoms with Crippen molar-refractivity contribution in [2.24, 2.45) is 0 Å². The Balaban J connectivity index is 1.42. The predicted molar refractivity (Wildman–Crippen MR) is 90.1 cm³/mol. The van der Waals surface area contributed by atoms with Gasteiger partial charge in [-0.3, -0.25) is 0 Å². The number of nitrogens with zero attached hydrogens (tertiary/aromatic N) is 7. The van der Waals surface area contributed by atoms with Crippen LogP contribution in [-0.4, -0.2) is 42.5 Å². The molecule has 2 aliphatic rings. The number of hydrogen-bond donors (Lipinski definition) is 0. The standard InChI is InChI=1S/C17H21N7/c1-2-9-23-14(5-1)10-18-17(23)13-4-3-8-22(11-13)16-7-6-15-20-19-12-24(15)21-16/h6-7,10,12-13H,1-5,8-9,11H2/t13-/m0/s1. The molecular formula is C17H21N7. The van der Waals surface area contributed by atoms with Gasteiger partial charge in [0.1, 0.15) is 18.0 Å². The number of aryl methyl sites for hydroxylation is 1. The zero-order valence-corrected chi connectivity index (χ0v) is 13.7. The first-order valence-corrected chi connectivity index (χ1v) is 8.85. The third-order valence-electron chi connectivity index (χ3n) is 5.29. The molecule has 0 aromatic carbocycles. The molecule has 0 spiro atoms. The molecule has 3 aromatic rings. The molecule has 0 radical (unpaired) electrons. The number of anilines is 1. The van der Waals surface area contributed by atoms with Crippen LogP contribution in [0.3, 0.4) is 0 Å². The number of aromatic nitrogens is 6. The molecule has 1 atom stereocenters. The summed E-state index contributed by atoms with van der Waals surface area (Å²) in [5.74, 6) is 2.77. The van der Waals surface area contributed by atoms with Gasteiger partial charge in [0.25, 0.3) is 0 Å². The van der Waals surface area contributed by atoms with Crippen molar-refractivity contribution in [3.05, 3.63) is 36.2 Å². The maximum absolute atomic E-state index is 4.78. The lowest BCUT2D eigenvalue weighted by Gasteiger charge is -2.33. The van der Waals surface area contributed by atoms with E-state index in [-0.39, 0.29) is 0 Å². The average Bonchev–Trinajstić information content (AvgIpc) is 3.28. The highest BCUT2D eigenvalue weighted by molar-refractivity contribution is 5.45. The van der Waals surface area contributed by atoms with Gasteiger partial charge in [0.2, 0.25) is 0 Å². The van der Waals surface area contributed by atoms with Crippen LogP contribution in [0, 0.1) is 0 Å². The summed E-state index contributed by atoms with van der Waals surface area (Å²) in [5.41, 5.74) is 2.20. The Morgan fingerprint density at radius 3 is 3.08 bits per heavy atom. The van der Waals surface area contributed by atoms with Gasteiger partial charge >= 0.3 is 0 Å². The van der Waals surface area contributed by atoms with Crippen LogP contribution < -0.4 is 4.90 Å². The highest BCUT2D eigenvalue weighted by Gasteiger charge is 2.27. The maximum Gasteiger partial charge on any atom is 0.177 e. The summed E-state index contributed by atoms with van der Waals surface area (Å²) in [6.07, 6.45) is 9.88. The molecule has 3 aromatic heterocycles. The lowest BCUT2D eigenvalue weighted by molar-refractivity contribution is 0.443. The van der Waals surface area contributed by atoms with Crippen molar-refractivity contribution < 1.29 is 0 Å². The zero-order chi connectivity index (χ0) is 15.9. The first-order valence-electron chi connectivity index (χ1n) is 8.85. The summed E-state index contributed by atoms with van der Waals surface area (Å²) >= 11 is 0. The smallest absolute Gasteiger partial charge is 0.177 e. The van der Waals surface area contributed by atoms with Crippen LogP contribution >= 0.6 is 0 Å². The maximum atomic E-state index is 4.78. The Morgan fingerprint density at radius 1 is 1.08 bits per heavy atom. The van der Waals surface area contributed by atoms with Crippen LogP contribution in [-0.2, 0) is 13.0 Å². The third-order valence-corrected chi connectivity index (χ3v) is 5.29. The van der Waals surface area contributed by atoms with Crippen LogP contribution in [0.15, 0.2) is 24.7 Å². The SMILES string of the molecule is c1cc2nncn2nc1N1CCC[C@H](c2ncc3n2CCCC3)C1. The fraction of sp³-hybridized carbons (Fsp3) is 0.529. The predicted octanol–water partition coefficient (Wildman–Crippen LogP) is 2.04. The number of piperidine rings is 1. The quantitative estimate of drug-likeness (QED) is 0.722. The van der Waals surface area contributed by atoms with Crippen molar-refractivity contribution in [3.63, 3.8) is 0 Å². The van der Waals surface area contributed by atoms with Crippen LogP contribution in [0.1, 0.15) is 43.1 Å². The second kappa shape index (κ2) is 5.58. The van der Waals surface area contributed by atoms with Gasteiger partial charge in [-0.15, -0.1) is 15.3 Å². The van der Waals surface area contributed by atoms with E-state index in [1.807, 2.05) is 12.1 Å². The van der Waals surface area contributed by atoms with Gasteiger partial charge in [-0.25, -0.2) is 4.98 Å². The van der Waals surface area contributed by atoms with Crippen molar-refractivity contribution in [3.8, 4) is 0 Å².